The lowest BCUT2D eigenvalue weighted by atomic mass is 10.2. The number of anilines is 1. The summed E-state index contributed by atoms with van der Waals surface area (Å²) in [5, 5.41) is 6.63. The first-order valence-corrected chi connectivity index (χ1v) is 6.94. The average Bonchev–Trinajstić information content (AvgIpc) is 2.94. The Morgan fingerprint density at radius 1 is 1.21 bits per heavy atom. The molecule has 0 radical (unpaired) electrons. The van der Waals surface area contributed by atoms with Crippen LogP contribution in [0.1, 0.15) is 5.56 Å². The highest BCUT2D eigenvalue weighted by atomic mass is 32.1. The number of nitrogens with one attached hydrogen (secondary N) is 1. The summed E-state index contributed by atoms with van der Waals surface area (Å²) < 4.78 is 6.60. The van der Waals surface area contributed by atoms with E-state index in [0.717, 1.165) is 17.1 Å². The second kappa shape index (κ2) is 5.28. The molecule has 0 aliphatic heterocycles. The minimum Gasteiger partial charge on any atom is -0.496 e. The Balaban J connectivity index is 1.84. The summed E-state index contributed by atoms with van der Waals surface area (Å²) >= 11 is 1.73. The number of fused-ring (bicyclic) bond motifs is 1. The van der Waals surface area contributed by atoms with E-state index in [1.807, 2.05) is 30.5 Å². The first-order chi connectivity index (χ1) is 9.38. The molecule has 19 heavy (non-hydrogen) atoms. The lowest BCUT2D eigenvalue weighted by molar-refractivity contribution is 0.410. The molecule has 1 N–H and O–H groups in total. The number of nitrogens with zero attached hydrogens (tertiary/aromatic N) is 1. The maximum Gasteiger partial charge on any atom is 0.134 e. The van der Waals surface area contributed by atoms with E-state index < -0.39 is 0 Å². The second-order valence-corrected chi connectivity index (χ2v) is 5.11. The van der Waals surface area contributed by atoms with Crippen molar-refractivity contribution in [2.45, 2.75) is 6.54 Å². The first-order valence-electron chi connectivity index (χ1n) is 6.06. The van der Waals surface area contributed by atoms with Gasteiger partial charge in [0, 0.05) is 28.4 Å². The molecule has 0 saturated heterocycles. The lowest BCUT2D eigenvalue weighted by Gasteiger charge is -2.10. The van der Waals surface area contributed by atoms with E-state index in [0.29, 0.717) is 6.54 Å². The molecule has 2 heterocycles. The Kier molecular flexibility index (Phi) is 3.33. The number of hydrogen-bond acceptors (Lipinski definition) is 4. The molecule has 0 amide bonds. The van der Waals surface area contributed by atoms with E-state index in [1.54, 1.807) is 18.4 Å². The average molecular weight is 270 g/mol. The highest BCUT2D eigenvalue weighted by molar-refractivity contribution is 7.17. The van der Waals surface area contributed by atoms with Crippen LogP contribution in [0.4, 0.5) is 5.82 Å². The summed E-state index contributed by atoms with van der Waals surface area (Å²) in [6.07, 6.45) is 1.84. The van der Waals surface area contributed by atoms with Gasteiger partial charge < -0.3 is 10.1 Å². The standard InChI is InChI=1S/C15H14N2OS/c1-18-13-5-3-2-4-11(13)10-17-15-12-7-9-19-14(12)6-8-16-15/h2-9H,10H2,1H3,(H,16,17). The largest absolute Gasteiger partial charge is 0.496 e. The number of benzene rings is 1. The minimum atomic E-state index is 0.700. The molecule has 0 fully saturated rings. The van der Waals surface area contributed by atoms with E-state index in [1.165, 1.54) is 10.1 Å². The Morgan fingerprint density at radius 2 is 2.11 bits per heavy atom. The molecule has 0 spiro atoms. The molecule has 0 atom stereocenters. The van der Waals surface area contributed by atoms with Crippen molar-refractivity contribution in [3.63, 3.8) is 0 Å². The third-order valence-corrected chi connectivity index (χ3v) is 3.90. The van der Waals surface area contributed by atoms with Gasteiger partial charge in [-0.3, -0.25) is 0 Å². The van der Waals surface area contributed by atoms with Crippen LogP contribution in [0.25, 0.3) is 10.1 Å². The van der Waals surface area contributed by atoms with Gasteiger partial charge in [0.15, 0.2) is 0 Å². The van der Waals surface area contributed by atoms with Crippen molar-refractivity contribution in [2.75, 3.05) is 12.4 Å². The van der Waals surface area contributed by atoms with E-state index in [9.17, 15) is 0 Å². The van der Waals surface area contributed by atoms with E-state index in [2.05, 4.69) is 27.8 Å². The van der Waals surface area contributed by atoms with Crippen molar-refractivity contribution < 1.29 is 4.74 Å². The zero-order valence-electron chi connectivity index (χ0n) is 10.6. The second-order valence-electron chi connectivity index (χ2n) is 4.16. The number of aromatic nitrogens is 1. The lowest BCUT2D eigenvalue weighted by Crippen LogP contribution is -2.03. The fourth-order valence-electron chi connectivity index (χ4n) is 2.06. The van der Waals surface area contributed by atoms with E-state index in [4.69, 9.17) is 4.74 Å². The molecule has 0 saturated carbocycles. The predicted octanol–water partition coefficient (Wildman–Crippen LogP) is 3.92. The maximum atomic E-state index is 5.35. The molecule has 4 heteroatoms. The highest BCUT2D eigenvalue weighted by Gasteiger charge is 2.05. The van der Waals surface area contributed by atoms with Gasteiger partial charge in [-0.25, -0.2) is 4.98 Å². The van der Waals surface area contributed by atoms with Gasteiger partial charge >= 0.3 is 0 Å². The number of methoxy groups -OCH3 is 1. The molecule has 1 aromatic carbocycles. The van der Waals surface area contributed by atoms with Crippen LogP contribution in [0.5, 0.6) is 5.75 Å². The van der Waals surface area contributed by atoms with Crippen molar-refractivity contribution >= 4 is 27.2 Å². The quantitative estimate of drug-likeness (QED) is 0.780. The van der Waals surface area contributed by atoms with Crippen LogP contribution in [0.3, 0.4) is 0 Å². The number of rotatable bonds is 4. The van der Waals surface area contributed by atoms with Crippen LogP contribution >= 0.6 is 11.3 Å². The summed E-state index contributed by atoms with van der Waals surface area (Å²) in [6, 6.07) is 12.1. The molecule has 3 nitrogen and oxygen atoms in total. The molecule has 3 aromatic rings. The monoisotopic (exact) mass is 270 g/mol. The van der Waals surface area contributed by atoms with Gasteiger partial charge in [-0.2, -0.15) is 0 Å². The van der Waals surface area contributed by atoms with Gasteiger partial charge in [-0.05, 0) is 23.6 Å². The number of pyridine rings is 1. The SMILES string of the molecule is COc1ccccc1CNc1nccc2sccc12. The third kappa shape index (κ3) is 2.39. The Hall–Kier alpha value is -2.07. The van der Waals surface area contributed by atoms with Crippen LogP contribution in [-0.4, -0.2) is 12.1 Å². The normalized spacial score (nSPS) is 10.6. The summed E-state index contributed by atoms with van der Waals surface area (Å²) in [5.74, 6) is 1.82. The minimum absolute atomic E-state index is 0.700. The summed E-state index contributed by atoms with van der Waals surface area (Å²) in [7, 11) is 1.69. The Morgan fingerprint density at radius 3 is 3.00 bits per heavy atom. The van der Waals surface area contributed by atoms with Gasteiger partial charge in [0.25, 0.3) is 0 Å². The molecule has 96 valence electrons. The van der Waals surface area contributed by atoms with Crippen LogP contribution in [0, 0.1) is 0 Å². The van der Waals surface area contributed by atoms with Crippen molar-refractivity contribution in [3.05, 3.63) is 53.5 Å². The summed E-state index contributed by atoms with van der Waals surface area (Å²) in [4.78, 5) is 4.40. The van der Waals surface area contributed by atoms with Crippen LogP contribution in [-0.2, 0) is 6.54 Å². The molecule has 2 aromatic heterocycles. The third-order valence-electron chi connectivity index (χ3n) is 3.02. The first kappa shape index (κ1) is 12.0. The molecule has 0 aliphatic rings. The van der Waals surface area contributed by atoms with Crippen LogP contribution < -0.4 is 10.1 Å². The number of para-hydroxylation sites is 1. The van der Waals surface area contributed by atoms with Gasteiger partial charge in [0.1, 0.15) is 11.6 Å². The molecular formula is C15H14N2OS. The van der Waals surface area contributed by atoms with Gasteiger partial charge in [0.2, 0.25) is 0 Å². The van der Waals surface area contributed by atoms with Crippen molar-refractivity contribution in [1.29, 1.82) is 0 Å². The Labute approximate surface area is 115 Å². The van der Waals surface area contributed by atoms with Gasteiger partial charge in [-0.15, -0.1) is 11.3 Å². The molecule has 3 rings (SSSR count). The number of hydrogen-bond donors (Lipinski definition) is 1. The number of thiophene rings is 1. The molecular weight excluding hydrogens is 256 g/mol. The van der Waals surface area contributed by atoms with E-state index >= 15 is 0 Å². The highest BCUT2D eigenvalue weighted by Crippen LogP contribution is 2.26. The van der Waals surface area contributed by atoms with Gasteiger partial charge in [-0.1, -0.05) is 18.2 Å². The van der Waals surface area contributed by atoms with Crippen molar-refractivity contribution in [1.82, 2.24) is 4.98 Å². The summed E-state index contributed by atoms with van der Waals surface area (Å²) in [5.41, 5.74) is 1.12. The zero-order chi connectivity index (χ0) is 13.1. The molecule has 0 unspecified atom stereocenters. The predicted molar refractivity (Wildman–Crippen MR) is 79.9 cm³/mol. The summed E-state index contributed by atoms with van der Waals surface area (Å²) in [6.45, 7) is 0.700. The smallest absolute Gasteiger partial charge is 0.134 e. The fraction of sp³-hybridized carbons (Fsp3) is 0.133. The fourth-order valence-corrected chi connectivity index (χ4v) is 2.85. The van der Waals surface area contributed by atoms with Crippen LogP contribution in [0.2, 0.25) is 0 Å². The topological polar surface area (TPSA) is 34.1 Å². The van der Waals surface area contributed by atoms with Crippen molar-refractivity contribution in [2.24, 2.45) is 0 Å². The molecule has 0 aliphatic carbocycles. The van der Waals surface area contributed by atoms with Crippen molar-refractivity contribution in [3.8, 4) is 5.75 Å². The van der Waals surface area contributed by atoms with E-state index in [-0.39, 0.29) is 0 Å². The van der Waals surface area contributed by atoms with Gasteiger partial charge in [0.05, 0.1) is 7.11 Å². The zero-order valence-corrected chi connectivity index (χ0v) is 11.4. The molecule has 0 bridgehead atoms. The number of ether oxygens (including phenoxy) is 1. The maximum absolute atomic E-state index is 5.35. The Bertz CT molecular complexity index is 693. The van der Waals surface area contributed by atoms with Crippen LogP contribution in [0.15, 0.2) is 48.0 Å².